The van der Waals surface area contributed by atoms with Crippen molar-refractivity contribution in [2.24, 2.45) is 0 Å². The summed E-state index contributed by atoms with van der Waals surface area (Å²) in [6.45, 7) is 1.03. The zero-order valence-electron chi connectivity index (χ0n) is 11.9. The molecule has 1 N–H and O–H groups in total. The molecule has 1 aliphatic rings. The Morgan fingerprint density at radius 3 is 3.29 bits per heavy atom. The van der Waals surface area contributed by atoms with Crippen molar-refractivity contribution in [3.05, 3.63) is 34.3 Å². The van der Waals surface area contributed by atoms with E-state index < -0.39 is 0 Å². The van der Waals surface area contributed by atoms with Crippen LogP contribution in [-0.2, 0) is 6.42 Å². The Morgan fingerprint density at radius 2 is 2.38 bits per heavy atom. The number of nitrogens with one attached hydrogen (secondary N) is 1. The van der Waals surface area contributed by atoms with E-state index in [1.165, 1.54) is 34.5 Å². The van der Waals surface area contributed by atoms with Crippen molar-refractivity contribution in [3.8, 4) is 10.6 Å². The molecule has 108 valence electrons. The Bertz CT molecular complexity index is 775. The molecule has 21 heavy (non-hydrogen) atoms. The van der Waals surface area contributed by atoms with Gasteiger partial charge in [-0.1, -0.05) is 0 Å². The highest BCUT2D eigenvalue weighted by molar-refractivity contribution is 7.17. The lowest BCUT2D eigenvalue weighted by atomic mass is 9.91. The van der Waals surface area contributed by atoms with Crippen LogP contribution < -0.4 is 5.32 Å². The molecular weight excluding hydrogens is 298 g/mol. The molecule has 5 heteroatoms. The first-order valence-corrected chi connectivity index (χ1v) is 9.02. The molecule has 0 fully saturated rings. The van der Waals surface area contributed by atoms with Crippen molar-refractivity contribution in [2.45, 2.75) is 25.2 Å². The van der Waals surface area contributed by atoms with Crippen LogP contribution in [0.5, 0.6) is 0 Å². The molecule has 3 heterocycles. The van der Waals surface area contributed by atoms with Crippen LogP contribution in [0, 0.1) is 0 Å². The smallest absolute Gasteiger partial charge is 0.125 e. The van der Waals surface area contributed by atoms with Crippen LogP contribution in [0.25, 0.3) is 20.8 Å². The summed E-state index contributed by atoms with van der Waals surface area (Å²) < 4.78 is 1.24. The maximum atomic E-state index is 4.96. The average Bonchev–Trinajstić information content (AvgIpc) is 3.13. The molecule has 3 nitrogen and oxygen atoms in total. The molecule has 0 radical (unpaired) electrons. The first-order chi connectivity index (χ1) is 10.3. The predicted molar refractivity (Wildman–Crippen MR) is 90.3 cm³/mol. The fraction of sp³-hybridized carbons (Fsp3) is 0.375. The van der Waals surface area contributed by atoms with Crippen molar-refractivity contribution < 1.29 is 0 Å². The first kappa shape index (κ1) is 13.4. The Hall–Kier alpha value is -1.30. The Balaban J connectivity index is 1.75. The van der Waals surface area contributed by atoms with Crippen molar-refractivity contribution >= 4 is 32.9 Å². The van der Waals surface area contributed by atoms with Gasteiger partial charge in [-0.05, 0) is 43.8 Å². The number of thiophene rings is 1. The van der Waals surface area contributed by atoms with Gasteiger partial charge in [0.05, 0.1) is 15.9 Å². The lowest BCUT2D eigenvalue weighted by molar-refractivity contribution is 0.523. The number of fused-ring (bicyclic) bond motifs is 2. The van der Waals surface area contributed by atoms with Gasteiger partial charge in [0.15, 0.2) is 0 Å². The second-order valence-corrected chi connectivity index (χ2v) is 7.53. The second-order valence-electron chi connectivity index (χ2n) is 5.50. The zero-order valence-corrected chi connectivity index (χ0v) is 13.6. The molecule has 3 aromatic rings. The van der Waals surface area contributed by atoms with E-state index in [9.17, 15) is 0 Å². The van der Waals surface area contributed by atoms with Crippen molar-refractivity contribution in [1.29, 1.82) is 0 Å². The SMILES string of the molecule is CNCC1CCCc2sc(-c3cnc4ccsc4c3)nc21. The lowest BCUT2D eigenvalue weighted by Gasteiger charge is -2.20. The molecule has 0 saturated carbocycles. The highest BCUT2D eigenvalue weighted by atomic mass is 32.1. The molecule has 0 spiro atoms. The van der Waals surface area contributed by atoms with E-state index in [2.05, 4.69) is 27.8 Å². The molecule has 0 saturated heterocycles. The van der Waals surface area contributed by atoms with E-state index in [1.807, 2.05) is 24.6 Å². The highest BCUT2D eigenvalue weighted by Gasteiger charge is 2.24. The Labute approximate surface area is 132 Å². The fourth-order valence-electron chi connectivity index (χ4n) is 3.04. The summed E-state index contributed by atoms with van der Waals surface area (Å²) in [6.07, 6.45) is 5.68. The van der Waals surface area contributed by atoms with Gasteiger partial charge < -0.3 is 5.32 Å². The molecule has 0 bridgehead atoms. The molecule has 1 atom stereocenters. The third-order valence-electron chi connectivity index (χ3n) is 4.07. The molecule has 3 aromatic heterocycles. The normalized spacial score (nSPS) is 18.0. The summed E-state index contributed by atoms with van der Waals surface area (Å²) in [6, 6.07) is 4.30. The summed E-state index contributed by atoms with van der Waals surface area (Å²) in [5.41, 5.74) is 3.56. The number of aryl methyl sites for hydroxylation is 1. The van der Waals surface area contributed by atoms with Gasteiger partial charge in [0.2, 0.25) is 0 Å². The van der Waals surface area contributed by atoms with E-state index in [4.69, 9.17) is 4.98 Å². The molecule has 1 unspecified atom stereocenters. The molecule has 0 aromatic carbocycles. The lowest BCUT2D eigenvalue weighted by Crippen LogP contribution is -2.20. The van der Waals surface area contributed by atoms with Crippen LogP contribution in [-0.4, -0.2) is 23.6 Å². The van der Waals surface area contributed by atoms with Crippen LogP contribution in [0.3, 0.4) is 0 Å². The minimum Gasteiger partial charge on any atom is -0.319 e. The van der Waals surface area contributed by atoms with Gasteiger partial charge in [0.25, 0.3) is 0 Å². The summed E-state index contributed by atoms with van der Waals surface area (Å²) in [5, 5.41) is 6.53. The van der Waals surface area contributed by atoms with Gasteiger partial charge in [0, 0.05) is 29.1 Å². The molecule has 1 aliphatic carbocycles. The van der Waals surface area contributed by atoms with E-state index in [0.717, 1.165) is 22.6 Å². The maximum absolute atomic E-state index is 4.96. The number of thiazole rings is 1. The standard InChI is InChI=1S/C16H17N3S2/c1-17-8-10-3-2-4-13-15(10)19-16(21-13)11-7-14-12(18-9-11)5-6-20-14/h5-7,9-10,17H,2-4,8H2,1H3. The van der Waals surface area contributed by atoms with Gasteiger partial charge in [0.1, 0.15) is 5.01 Å². The Morgan fingerprint density at radius 1 is 1.43 bits per heavy atom. The van der Waals surface area contributed by atoms with Crippen LogP contribution >= 0.6 is 22.7 Å². The van der Waals surface area contributed by atoms with E-state index in [0.29, 0.717) is 5.92 Å². The third-order valence-corrected chi connectivity index (χ3v) is 6.10. The summed E-state index contributed by atoms with van der Waals surface area (Å²) in [7, 11) is 2.02. The van der Waals surface area contributed by atoms with Crippen LogP contribution in [0.1, 0.15) is 29.3 Å². The third kappa shape index (κ3) is 2.39. The largest absolute Gasteiger partial charge is 0.319 e. The van der Waals surface area contributed by atoms with Crippen LogP contribution in [0.2, 0.25) is 0 Å². The quantitative estimate of drug-likeness (QED) is 0.792. The fourth-order valence-corrected chi connectivity index (χ4v) is 4.99. The van der Waals surface area contributed by atoms with Gasteiger partial charge >= 0.3 is 0 Å². The van der Waals surface area contributed by atoms with Crippen molar-refractivity contribution in [1.82, 2.24) is 15.3 Å². The van der Waals surface area contributed by atoms with Gasteiger partial charge in [-0.25, -0.2) is 4.98 Å². The topological polar surface area (TPSA) is 37.8 Å². The first-order valence-electron chi connectivity index (χ1n) is 7.33. The van der Waals surface area contributed by atoms with Crippen molar-refractivity contribution in [2.75, 3.05) is 13.6 Å². The van der Waals surface area contributed by atoms with Crippen LogP contribution in [0.15, 0.2) is 23.7 Å². The minimum absolute atomic E-state index is 0.571. The van der Waals surface area contributed by atoms with Crippen molar-refractivity contribution in [3.63, 3.8) is 0 Å². The average molecular weight is 315 g/mol. The molecule has 0 amide bonds. The highest BCUT2D eigenvalue weighted by Crippen LogP contribution is 2.38. The van der Waals surface area contributed by atoms with Gasteiger partial charge in [-0.3, -0.25) is 4.98 Å². The number of hydrogen-bond acceptors (Lipinski definition) is 5. The number of pyridine rings is 1. The summed E-state index contributed by atoms with van der Waals surface area (Å²) in [5.74, 6) is 0.571. The number of likely N-dealkylation sites (N-methyl/N-ethyl adjacent to an activating group) is 1. The second kappa shape index (κ2) is 5.48. The monoisotopic (exact) mass is 315 g/mol. The molecule has 4 rings (SSSR count). The number of nitrogens with zero attached hydrogens (tertiary/aromatic N) is 2. The van der Waals surface area contributed by atoms with E-state index in [-0.39, 0.29) is 0 Å². The number of aromatic nitrogens is 2. The zero-order chi connectivity index (χ0) is 14.2. The van der Waals surface area contributed by atoms with E-state index in [1.54, 1.807) is 11.3 Å². The molecule has 0 aliphatic heterocycles. The summed E-state index contributed by atoms with van der Waals surface area (Å²) in [4.78, 5) is 11.0. The van der Waals surface area contributed by atoms with Gasteiger partial charge in [-0.2, -0.15) is 0 Å². The maximum Gasteiger partial charge on any atom is 0.125 e. The van der Waals surface area contributed by atoms with Gasteiger partial charge in [-0.15, -0.1) is 22.7 Å². The summed E-state index contributed by atoms with van der Waals surface area (Å²) >= 11 is 3.60. The van der Waals surface area contributed by atoms with E-state index >= 15 is 0 Å². The Kier molecular flexibility index (Phi) is 3.49. The number of hydrogen-bond donors (Lipinski definition) is 1. The predicted octanol–water partition coefficient (Wildman–Crippen LogP) is 4.06. The number of rotatable bonds is 3. The van der Waals surface area contributed by atoms with Crippen LogP contribution in [0.4, 0.5) is 0 Å². The minimum atomic E-state index is 0.571. The molecular formula is C16H17N3S2.